The molecule has 1 aromatic carbocycles. The Kier molecular flexibility index (Phi) is 3.64. The second kappa shape index (κ2) is 5.26. The van der Waals surface area contributed by atoms with Crippen LogP contribution in [0.4, 0.5) is 0 Å². The van der Waals surface area contributed by atoms with E-state index in [4.69, 9.17) is 11.6 Å². The standard InChI is InChI=1S/C16H17ClOS/c1-10-13-9-12(17)7-8-14(13)19-16(10)15(18)11-5-3-2-4-6-11/h7-9,11H,2-6H2,1H3. The highest BCUT2D eigenvalue weighted by molar-refractivity contribution is 7.21. The molecule has 100 valence electrons. The van der Waals surface area contributed by atoms with Crippen LogP contribution in [0.15, 0.2) is 18.2 Å². The number of aryl methyl sites for hydroxylation is 1. The molecule has 2 aromatic rings. The van der Waals surface area contributed by atoms with Crippen molar-refractivity contribution in [2.75, 3.05) is 0 Å². The van der Waals surface area contributed by atoms with Crippen LogP contribution in [0, 0.1) is 12.8 Å². The van der Waals surface area contributed by atoms with Crippen LogP contribution in [-0.4, -0.2) is 5.78 Å². The Hall–Kier alpha value is -0.860. The van der Waals surface area contributed by atoms with E-state index in [0.717, 1.165) is 33.7 Å². The predicted molar refractivity (Wildman–Crippen MR) is 82.5 cm³/mol. The average Bonchev–Trinajstić information content (AvgIpc) is 2.76. The number of carbonyl (C=O) groups excluding carboxylic acids is 1. The smallest absolute Gasteiger partial charge is 0.176 e. The van der Waals surface area contributed by atoms with E-state index in [0.29, 0.717) is 5.78 Å². The van der Waals surface area contributed by atoms with Crippen molar-refractivity contribution in [2.45, 2.75) is 39.0 Å². The van der Waals surface area contributed by atoms with Gasteiger partial charge >= 0.3 is 0 Å². The van der Waals surface area contributed by atoms with Crippen molar-refractivity contribution in [3.63, 3.8) is 0 Å². The zero-order valence-corrected chi connectivity index (χ0v) is 12.6. The van der Waals surface area contributed by atoms with Gasteiger partial charge in [-0.3, -0.25) is 4.79 Å². The quantitative estimate of drug-likeness (QED) is 0.656. The normalized spacial score (nSPS) is 16.9. The maximum absolute atomic E-state index is 12.7. The summed E-state index contributed by atoms with van der Waals surface area (Å²) in [6.45, 7) is 2.05. The van der Waals surface area contributed by atoms with E-state index in [1.807, 2.05) is 25.1 Å². The molecule has 1 fully saturated rings. The van der Waals surface area contributed by atoms with Crippen LogP contribution in [0.25, 0.3) is 10.1 Å². The summed E-state index contributed by atoms with van der Waals surface area (Å²) in [7, 11) is 0. The molecule has 0 N–H and O–H groups in total. The number of benzene rings is 1. The van der Waals surface area contributed by atoms with Crippen molar-refractivity contribution < 1.29 is 4.79 Å². The van der Waals surface area contributed by atoms with Gasteiger partial charge in [0, 0.05) is 15.6 Å². The fraction of sp³-hybridized carbons (Fsp3) is 0.438. The minimum Gasteiger partial charge on any atom is -0.293 e. The molecule has 3 rings (SSSR count). The van der Waals surface area contributed by atoms with E-state index in [-0.39, 0.29) is 5.92 Å². The summed E-state index contributed by atoms with van der Waals surface area (Å²) < 4.78 is 1.17. The molecule has 1 aliphatic rings. The van der Waals surface area contributed by atoms with Gasteiger partial charge in [0.25, 0.3) is 0 Å². The van der Waals surface area contributed by atoms with Gasteiger partial charge in [-0.25, -0.2) is 0 Å². The van der Waals surface area contributed by atoms with E-state index < -0.39 is 0 Å². The number of hydrogen-bond donors (Lipinski definition) is 0. The van der Waals surface area contributed by atoms with Crippen LogP contribution < -0.4 is 0 Å². The third kappa shape index (κ3) is 2.44. The summed E-state index contributed by atoms with van der Waals surface area (Å²) in [5.74, 6) is 0.602. The van der Waals surface area contributed by atoms with Crippen LogP contribution in [0.1, 0.15) is 47.3 Å². The molecule has 0 amide bonds. The Bertz CT molecular complexity index is 623. The fourth-order valence-corrected chi connectivity index (χ4v) is 4.36. The maximum atomic E-state index is 12.7. The van der Waals surface area contributed by atoms with E-state index in [9.17, 15) is 4.79 Å². The lowest BCUT2D eigenvalue weighted by molar-refractivity contribution is 0.0893. The van der Waals surface area contributed by atoms with Gasteiger partial charge in [-0.2, -0.15) is 0 Å². The van der Waals surface area contributed by atoms with Gasteiger partial charge in [-0.1, -0.05) is 30.9 Å². The number of hydrogen-bond acceptors (Lipinski definition) is 2. The first-order chi connectivity index (χ1) is 9.16. The van der Waals surface area contributed by atoms with Gasteiger partial charge in [-0.15, -0.1) is 11.3 Å². The highest BCUT2D eigenvalue weighted by Gasteiger charge is 2.25. The van der Waals surface area contributed by atoms with Crippen LogP contribution in [-0.2, 0) is 0 Å². The predicted octanol–water partition coefficient (Wildman–Crippen LogP) is 5.63. The topological polar surface area (TPSA) is 17.1 Å². The molecule has 0 saturated heterocycles. The minimum absolute atomic E-state index is 0.246. The van der Waals surface area contributed by atoms with Crippen molar-refractivity contribution in [3.8, 4) is 0 Å². The average molecular weight is 293 g/mol. The third-order valence-electron chi connectivity index (χ3n) is 4.10. The van der Waals surface area contributed by atoms with Gasteiger partial charge in [0.2, 0.25) is 0 Å². The van der Waals surface area contributed by atoms with Crippen molar-refractivity contribution in [1.29, 1.82) is 0 Å². The first-order valence-corrected chi connectivity index (χ1v) is 8.09. The fourth-order valence-electron chi connectivity index (χ4n) is 2.98. The molecule has 19 heavy (non-hydrogen) atoms. The first-order valence-electron chi connectivity index (χ1n) is 6.89. The largest absolute Gasteiger partial charge is 0.293 e. The highest BCUT2D eigenvalue weighted by Crippen LogP contribution is 2.36. The SMILES string of the molecule is Cc1c(C(=O)C2CCCCC2)sc2ccc(Cl)cc12. The number of fused-ring (bicyclic) bond motifs is 1. The van der Waals surface area contributed by atoms with Gasteiger partial charge in [0.1, 0.15) is 0 Å². The zero-order valence-electron chi connectivity index (χ0n) is 11.0. The molecule has 1 aromatic heterocycles. The first kappa shape index (κ1) is 13.1. The summed E-state index contributed by atoms with van der Waals surface area (Å²) in [5.41, 5.74) is 1.11. The Balaban J connectivity index is 2.00. The van der Waals surface area contributed by atoms with E-state index in [1.165, 1.54) is 24.0 Å². The Morgan fingerprint density at radius 1 is 1.26 bits per heavy atom. The second-order valence-electron chi connectivity index (χ2n) is 5.40. The molecule has 0 radical (unpaired) electrons. The number of Topliss-reactive ketones (excluding diaryl/α,β-unsaturated/α-hetero) is 1. The summed E-state index contributed by atoms with van der Waals surface area (Å²) in [6, 6.07) is 5.89. The lowest BCUT2D eigenvalue weighted by Crippen LogP contribution is -2.17. The number of halogens is 1. The molecule has 0 spiro atoms. The van der Waals surface area contributed by atoms with E-state index in [1.54, 1.807) is 11.3 Å². The maximum Gasteiger partial charge on any atom is 0.176 e. The Morgan fingerprint density at radius 2 is 2.00 bits per heavy atom. The third-order valence-corrected chi connectivity index (χ3v) is 5.62. The molecule has 0 aliphatic heterocycles. The molecular formula is C16H17ClOS. The van der Waals surface area contributed by atoms with Gasteiger partial charge in [0.05, 0.1) is 4.88 Å². The van der Waals surface area contributed by atoms with Crippen LogP contribution in [0.2, 0.25) is 5.02 Å². The van der Waals surface area contributed by atoms with Crippen LogP contribution in [0.3, 0.4) is 0 Å². The van der Waals surface area contributed by atoms with E-state index in [2.05, 4.69) is 0 Å². The molecular weight excluding hydrogens is 276 g/mol. The van der Waals surface area contributed by atoms with E-state index >= 15 is 0 Å². The molecule has 0 atom stereocenters. The molecule has 0 bridgehead atoms. The molecule has 1 aliphatic carbocycles. The monoisotopic (exact) mass is 292 g/mol. The highest BCUT2D eigenvalue weighted by atomic mass is 35.5. The molecule has 3 heteroatoms. The minimum atomic E-state index is 0.246. The van der Waals surface area contributed by atoms with Gasteiger partial charge < -0.3 is 0 Å². The van der Waals surface area contributed by atoms with Gasteiger partial charge in [0.15, 0.2) is 5.78 Å². The van der Waals surface area contributed by atoms with Crippen molar-refractivity contribution in [2.24, 2.45) is 5.92 Å². The van der Waals surface area contributed by atoms with Crippen LogP contribution >= 0.6 is 22.9 Å². The molecule has 0 unspecified atom stereocenters. The molecule has 1 nitrogen and oxygen atoms in total. The Labute approximate surface area is 122 Å². The summed E-state index contributed by atoms with van der Waals surface area (Å²) >= 11 is 7.67. The van der Waals surface area contributed by atoms with Gasteiger partial charge in [-0.05, 0) is 48.9 Å². The summed E-state index contributed by atoms with van der Waals surface area (Å²) in [6.07, 6.45) is 5.81. The Morgan fingerprint density at radius 3 is 2.74 bits per heavy atom. The number of carbonyl (C=O) groups is 1. The number of rotatable bonds is 2. The summed E-state index contributed by atoms with van der Waals surface area (Å²) in [5, 5.41) is 1.88. The zero-order chi connectivity index (χ0) is 13.4. The lowest BCUT2D eigenvalue weighted by atomic mass is 9.85. The number of ketones is 1. The van der Waals surface area contributed by atoms with Crippen molar-refractivity contribution in [1.82, 2.24) is 0 Å². The summed E-state index contributed by atoms with van der Waals surface area (Å²) in [4.78, 5) is 13.6. The lowest BCUT2D eigenvalue weighted by Gasteiger charge is -2.19. The second-order valence-corrected chi connectivity index (χ2v) is 6.88. The van der Waals surface area contributed by atoms with Crippen molar-refractivity contribution in [3.05, 3.63) is 33.7 Å². The number of thiophene rings is 1. The van der Waals surface area contributed by atoms with Crippen molar-refractivity contribution >= 4 is 38.8 Å². The van der Waals surface area contributed by atoms with Crippen LogP contribution in [0.5, 0.6) is 0 Å². The molecule has 1 saturated carbocycles. The molecule has 1 heterocycles.